The van der Waals surface area contributed by atoms with Crippen LogP contribution < -0.4 is 10.0 Å². The van der Waals surface area contributed by atoms with Crippen molar-refractivity contribution in [1.82, 2.24) is 4.72 Å². The molecule has 0 heterocycles. The van der Waals surface area contributed by atoms with Gasteiger partial charge in [0.1, 0.15) is 5.75 Å². The van der Waals surface area contributed by atoms with E-state index in [2.05, 4.69) is 10.0 Å². The summed E-state index contributed by atoms with van der Waals surface area (Å²) in [5.41, 5.74) is 0.547. The predicted molar refractivity (Wildman–Crippen MR) is 97.0 cm³/mol. The fourth-order valence-corrected chi connectivity index (χ4v) is 3.67. The zero-order valence-corrected chi connectivity index (χ0v) is 15.2. The van der Waals surface area contributed by atoms with Gasteiger partial charge in [0.2, 0.25) is 15.9 Å². The lowest BCUT2D eigenvalue weighted by atomic mass is 10.1. The van der Waals surface area contributed by atoms with Crippen molar-refractivity contribution in [3.05, 3.63) is 54.1 Å². The van der Waals surface area contributed by atoms with Crippen LogP contribution in [-0.4, -0.2) is 25.0 Å². The first-order chi connectivity index (χ1) is 11.5. The summed E-state index contributed by atoms with van der Waals surface area (Å²) in [4.78, 5) is 12.2. The topological polar surface area (TPSA) is 95.5 Å². The Morgan fingerprint density at radius 1 is 1.08 bits per heavy atom. The van der Waals surface area contributed by atoms with Gasteiger partial charge in [-0.25, -0.2) is 13.1 Å². The van der Waals surface area contributed by atoms with E-state index in [9.17, 15) is 18.3 Å². The first-order valence-corrected chi connectivity index (χ1v) is 9.25. The molecule has 0 aliphatic heterocycles. The second-order valence-electron chi connectivity index (χ2n) is 6.77. The van der Waals surface area contributed by atoms with Gasteiger partial charge in [0, 0.05) is 11.2 Å². The summed E-state index contributed by atoms with van der Waals surface area (Å²) in [6.45, 7) is 5.27. The summed E-state index contributed by atoms with van der Waals surface area (Å²) >= 11 is 0. The Bertz CT molecular complexity index is 853. The van der Waals surface area contributed by atoms with Crippen LogP contribution in [0.15, 0.2) is 53.4 Å². The highest BCUT2D eigenvalue weighted by molar-refractivity contribution is 7.89. The molecule has 1 amide bonds. The summed E-state index contributed by atoms with van der Waals surface area (Å²) in [5, 5.41) is 11.9. The maximum Gasteiger partial charge on any atom is 0.241 e. The highest BCUT2D eigenvalue weighted by Crippen LogP contribution is 2.18. The Labute approximate surface area is 147 Å². The van der Waals surface area contributed by atoms with Gasteiger partial charge in [0.05, 0.1) is 11.3 Å². The van der Waals surface area contributed by atoms with Gasteiger partial charge in [-0.05, 0) is 56.7 Å². The molecule has 0 aromatic heterocycles. The van der Waals surface area contributed by atoms with Crippen molar-refractivity contribution in [3.8, 4) is 5.75 Å². The molecular formula is C18H22N2O4S. The van der Waals surface area contributed by atoms with Gasteiger partial charge in [-0.15, -0.1) is 0 Å². The molecule has 25 heavy (non-hydrogen) atoms. The third-order valence-electron chi connectivity index (χ3n) is 3.17. The van der Waals surface area contributed by atoms with Crippen molar-refractivity contribution in [2.75, 3.05) is 5.32 Å². The monoisotopic (exact) mass is 362 g/mol. The van der Waals surface area contributed by atoms with E-state index in [1.54, 1.807) is 45.0 Å². The van der Waals surface area contributed by atoms with Crippen molar-refractivity contribution in [1.29, 1.82) is 0 Å². The number of anilines is 1. The normalized spacial score (nSPS) is 12.0. The van der Waals surface area contributed by atoms with Crippen LogP contribution in [-0.2, 0) is 21.2 Å². The molecule has 0 aliphatic carbocycles. The largest absolute Gasteiger partial charge is 0.508 e. The molecule has 2 aromatic carbocycles. The molecule has 6 nitrogen and oxygen atoms in total. The zero-order chi connectivity index (χ0) is 18.7. The van der Waals surface area contributed by atoms with Crippen LogP contribution >= 0.6 is 0 Å². The molecule has 0 bridgehead atoms. The van der Waals surface area contributed by atoms with E-state index in [4.69, 9.17) is 0 Å². The number of carbonyl (C=O) groups excluding carboxylic acids is 1. The third kappa shape index (κ3) is 5.88. The molecule has 0 radical (unpaired) electrons. The number of sulfonamides is 1. The van der Waals surface area contributed by atoms with Crippen LogP contribution in [0, 0.1) is 0 Å². The van der Waals surface area contributed by atoms with Gasteiger partial charge in [0.15, 0.2) is 0 Å². The van der Waals surface area contributed by atoms with E-state index in [0.29, 0.717) is 5.69 Å². The van der Waals surface area contributed by atoms with Crippen LogP contribution in [0.3, 0.4) is 0 Å². The SMILES string of the molecule is CC(C)(C)NS(=O)(=O)c1cccc(NC(=O)Cc2ccc(O)cc2)c1. The van der Waals surface area contributed by atoms with Gasteiger partial charge in [-0.1, -0.05) is 18.2 Å². The maximum atomic E-state index is 12.4. The van der Waals surface area contributed by atoms with Crippen LogP contribution in [0.25, 0.3) is 0 Å². The number of carbonyl (C=O) groups is 1. The number of nitrogens with one attached hydrogen (secondary N) is 2. The molecule has 2 aromatic rings. The average molecular weight is 362 g/mol. The quantitative estimate of drug-likeness (QED) is 0.762. The number of rotatable bonds is 5. The number of phenolic OH excluding ortho intramolecular Hbond substituents is 1. The van der Waals surface area contributed by atoms with Gasteiger partial charge in [0.25, 0.3) is 0 Å². The average Bonchev–Trinajstić information content (AvgIpc) is 2.47. The molecule has 0 saturated heterocycles. The minimum absolute atomic E-state index is 0.0878. The number of amides is 1. The maximum absolute atomic E-state index is 12.4. The standard InChI is InChI=1S/C18H22N2O4S/c1-18(2,3)20-25(23,24)16-6-4-5-14(12-16)19-17(22)11-13-7-9-15(21)10-8-13/h4-10,12,20-21H,11H2,1-3H3,(H,19,22). The van der Waals surface area contributed by atoms with Gasteiger partial charge in [-0.2, -0.15) is 0 Å². The van der Waals surface area contributed by atoms with Crippen LogP contribution in [0.4, 0.5) is 5.69 Å². The van der Waals surface area contributed by atoms with Gasteiger partial charge < -0.3 is 10.4 Å². The number of hydrogen-bond donors (Lipinski definition) is 3. The zero-order valence-electron chi connectivity index (χ0n) is 14.4. The van der Waals surface area contributed by atoms with Crippen molar-refractivity contribution in [3.63, 3.8) is 0 Å². The fraction of sp³-hybridized carbons (Fsp3) is 0.278. The summed E-state index contributed by atoms with van der Waals surface area (Å²) in [6, 6.07) is 12.4. The molecular weight excluding hydrogens is 340 g/mol. The smallest absolute Gasteiger partial charge is 0.241 e. The number of benzene rings is 2. The highest BCUT2D eigenvalue weighted by Gasteiger charge is 2.22. The molecule has 134 valence electrons. The van der Waals surface area contributed by atoms with Crippen molar-refractivity contribution >= 4 is 21.6 Å². The highest BCUT2D eigenvalue weighted by atomic mass is 32.2. The van der Waals surface area contributed by atoms with E-state index in [1.165, 1.54) is 24.3 Å². The lowest BCUT2D eigenvalue weighted by Gasteiger charge is -2.20. The predicted octanol–water partition coefficient (Wildman–Crippen LogP) is 2.65. The van der Waals surface area contributed by atoms with Crippen LogP contribution in [0.5, 0.6) is 5.75 Å². The number of hydrogen-bond acceptors (Lipinski definition) is 4. The summed E-state index contributed by atoms with van der Waals surface area (Å²) < 4.78 is 27.3. The first-order valence-electron chi connectivity index (χ1n) is 7.77. The number of aromatic hydroxyl groups is 1. The second-order valence-corrected chi connectivity index (χ2v) is 8.46. The molecule has 0 saturated carbocycles. The molecule has 0 fully saturated rings. The number of phenols is 1. The van der Waals surface area contributed by atoms with Gasteiger partial charge >= 0.3 is 0 Å². The molecule has 0 atom stereocenters. The Balaban J connectivity index is 2.11. The minimum Gasteiger partial charge on any atom is -0.508 e. The molecule has 0 aliphatic rings. The van der Waals surface area contributed by atoms with E-state index in [0.717, 1.165) is 5.56 Å². The van der Waals surface area contributed by atoms with E-state index < -0.39 is 15.6 Å². The Morgan fingerprint density at radius 2 is 1.72 bits per heavy atom. The summed E-state index contributed by atoms with van der Waals surface area (Å²) in [6.07, 6.45) is 0.123. The van der Waals surface area contributed by atoms with Crippen molar-refractivity contribution in [2.45, 2.75) is 37.6 Å². The summed E-state index contributed by atoms with van der Waals surface area (Å²) in [7, 11) is -3.67. The van der Waals surface area contributed by atoms with E-state index >= 15 is 0 Å². The Hall–Kier alpha value is -2.38. The van der Waals surface area contributed by atoms with E-state index in [-0.39, 0.29) is 23.0 Å². The van der Waals surface area contributed by atoms with Crippen LogP contribution in [0.2, 0.25) is 0 Å². The Morgan fingerprint density at radius 3 is 2.32 bits per heavy atom. The lowest BCUT2D eigenvalue weighted by Crippen LogP contribution is -2.40. The minimum atomic E-state index is -3.67. The van der Waals surface area contributed by atoms with Crippen LogP contribution in [0.1, 0.15) is 26.3 Å². The Kier molecular flexibility index (Phi) is 5.49. The first kappa shape index (κ1) is 19.0. The fourth-order valence-electron chi connectivity index (χ4n) is 2.21. The second kappa shape index (κ2) is 7.25. The van der Waals surface area contributed by atoms with Crippen molar-refractivity contribution < 1.29 is 18.3 Å². The molecule has 3 N–H and O–H groups in total. The summed E-state index contributed by atoms with van der Waals surface area (Å²) in [5.74, 6) is -0.141. The molecule has 2 rings (SSSR count). The van der Waals surface area contributed by atoms with E-state index in [1.807, 2.05) is 0 Å². The molecule has 0 spiro atoms. The lowest BCUT2D eigenvalue weighted by molar-refractivity contribution is -0.115. The molecule has 0 unspecified atom stereocenters. The van der Waals surface area contributed by atoms with Gasteiger partial charge in [-0.3, -0.25) is 4.79 Å². The van der Waals surface area contributed by atoms with Crippen molar-refractivity contribution in [2.24, 2.45) is 0 Å². The third-order valence-corrected chi connectivity index (χ3v) is 4.93. The molecule has 7 heteroatoms.